The highest BCUT2D eigenvalue weighted by Gasteiger charge is 2.12. The minimum Gasteiger partial charge on any atom is -0.322 e. The van der Waals surface area contributed by atoms with Crippen molar-refractivity contribution < 1.29 is 4.79 Å². The molecule has 2 aromatic rings. The summed E-state index contributed by atoms with van der Waals surface area (Å²) in [5, 5.41) is 0. The van der Waals surface area contributed by atoms with Gasteiger partial charge in [-0.25, -0.2) is 4.98 Å². The summed E-state index contributed by atoms with van der Waals surface area (Å²) in [7, 11) is 0. The molecule has 0 radical (unpaired) electrons. The van der Waals surface area contributed by atoms with Crippen LogP contribution in [0.4, 0.5) is 0 Å². The Labute approximate surface area is 88.7 Å². The van der Waals surface area contributed by atoms with Gasteiger partial charge in [-0.2, -0.15) is 0 Å². The van der Waals surface area contributed by atoms with Crippen molar-refractivity contribution in [1.82, 2.24) is 9.55 Å². The fourth-order valence-corrected chi connectivity index (χ4v) is 1.79. The Morgan fingerprint density at radius 2 is 2.13 bits per heavy atom. The Hall–Kier alpha value is -1.64. The molecule has 1 aromatic heterocycles. The molecule has 78 valence electrons. The van der Waals surface area contributed by atoms with Crippen LogP contribution in [0, 0.1) is 0 Å². The van der Waals surface area contributed by atoms with Crippen LogP contribution in [0.25, 0.3) is 11.0 Å². The van der Waals surface area contributed by atoms with E-state index in [1.54, 1.807) is 6.92 Å². The van der Waals surface area contributed by atoms with Gasteiger partial charge in [-0.1, -0.05) is 19.1 Å². The fraction of sp³-hybridized carbons (Fsp3) is 0.333. The van der Waals surface area contributed by atoms with Crippen LogP contribution in [0.1, 0.15) is 30.9 Å². The Morgan fingerprint density at radius 3 is 2.80 bits per heavy atom. The number of hydrogen-bond acceptors (Lipinski definition) is 2. The van der Waals surface area contributed by atoms with Gasteiger partial charge in [0.1, 0.15) is 0 Å². The van der Waals surface area contributed by atoms with Crippen molar-refractivity contribution in [1.29, 1.82) is 0 Å². The summed E-state index contributed by atoms with van der Waals surface area (Å²) >= 11 is 0. The van der Waals surface area contributed by atoms with E-state index in [4.69, 9.17) is 0 Å². The number of fused-ring (bicyclic) bond motifs is 1. The van der Waals surface area contributed by atoms with Gasteiger partial charge >= 0.3 is 0 Å². The van der Waals surface area contributed by atoms with E-state index in [0.29, 0.717) is 5.82 Å². The standard InChI is InChI=1S/C12H14N2O/c1-3-8-14-11-7-5-4-6-10(11)13-12(14)9(2)15/h4-7H,3,8H2,1-2H3. The minimum absolute atomic E-state index is 0.0275. The zero-order valence-corrected chi connectivity index (χ0v) is 9.03. The highest BCUT2D eigenvalue weighted by molar-refractivity contribution is 5.94. The van der Waals surface area contributed by atoms with Crippen LogP contribution in [-0.2, 0) is 6.54 Å². The third-order valence-corrected chi connectivity index (χ3v) is 2.42. The second kappa shape index (κ2) is 3.85. The molecule has 0 amide bonds. The lowest BCUT2D eigenvalue weighted by Crippen LogP contribution is -2.07. The van der Waals surface area contributed by atoms with Crippen LogP contribution >= 0.6 is 0 Å². The highest BCUT2D eigenvalue weighted by Crippen LogP contribution is 2.16. The fourth-order valence-electron chi connectivity index (χ4n) is 1.79. The number of aromatic nitrogens is 2. The van der Waals surface area contributed by atoms with Crippen LogP contribution in [0.3, 0.4) is 0 Å². The number of benzene rings is 1. The highest BCUT2D eigenvalue weighted by atomic mass is 16.1. The molecule has 0 aliphatic rings. The van der Waals surface area contributed by atoms with E-state index in [0.717, 1.165) is 24.0 Å². The van der Waals surface area contributed by atoms with E-state index < -0.39 is 0 Å². The van der Waals surface area contributed by atoms with E-state index in [2.05, 4.69) is 11.9 Å². The summed E-state index contributed by atoms with van der Waals surface area (Å²) < 4.78 is 2.00. The number of imidazole rings is 1. The number of para-hydroxylation sites is 2. The number of carbonyl (C=O) groups excluding carboxylic acids is 1. The van der Waals surface area contributed by atoms with Gasteiger partial charge in [-0.05, 0) is 18.6 Å². The van der Waals surface area contributed by atoms with Crippen molar-refractivity contribution in [3.05, 3.63) is 30.1 Å². The summed E-state index contributed by atoms with van der Waals surface area (Å²) in [5.74, 6) is 0.595. The van der Waals surface area contributed by atoms with Gasteiger partial charge < -0.3 is 4.57 Å². The number of Topliss-reactive ketones (excluding diaryl/α,β-unsaturated/α-hetero) is 1. The predicted octanol–water partition coefficient (Wildman–Crippen LogP) is 2.65. The smallest absolute Gasteiger partial charge is 0.195 e. The third-order valence-electron chi connectivity index (χ3n) is 2.42. The zero-order chi connectivity index (χ0) is 10.8. The number of rotatable bonds is 3. The summed E-state index contributed by atoms with van der Waals surface area (Å²) in [6.45, 7) is 4.50. The largest absolute Gasteiger partial charge is 0.322 e. The Morgan fingerprint density at radius 1 is 1.40 bits per heavy atom. The molecular weight excluding hydrogens is 188 g/mol. The average Bonchev–Trinajstić information content (AvgIpc) is 2.58. The second-order valence-corrected chi connectivity index (χ2v) is 3.63. The van der Waals surface area contributed by atoms with Crippen LogP contribution in [0.15, 0.2) is 24.3 Å². The molecule has 0 N–H and O–H groups in total. The van der Waals surface area contributed by atoms with Gasteiger partial charge in [0.15, 0.2) is 11.6 Å². The molecule has 1 aromatic carbocycles. The van der Waals surface area contributed by atoms with Gasteiger partial charge in [0, 0.05) is 13.5 Å². The van der Waals surface area contributed by atoms with Gasteiger partial charge in [-0.3, -0.25) is 4.79 Å². The molecule has 0 atom stereocenters. The van der Waals surface area contributed by atoms with E-state index in [-0.39, 0.29) is 5.78 Å². The number of nitrogens with zero attached hydrogens (tertiary/aromatic N) is 2. The maximum Gasteiger partial charge on any atom is 0.195 e. The quantitative estimate of drug-likeness (QED) is 0.717. The maximum absolute atomic E-state index is 11.4. The second-order valence-electron chi connectivity index (χ2n) is 3.63. The van der Waals surface area contributed by atoms with Crippen LogP contribution in [0.2, 0.25) is 0 Å². The lowest BCUT2D eigenvalue weighted by molar-refractivity contribution is 0.1000. The molecule has 0 aliphatic heterocycles. The summed E-state index contributed by atoms with van der Waals surface area (Å²) in [6.07, 6.45) is 1.00. The van der Waals surface area contributed by atoms with Gasteiger partial charge in [0.25, 0.3) is 0 Å². The number of ketones is 1. The average molecular weight is 202 g/mol. The van der Waals surface area contributed by atoms with Crippen LogP contribution in [0.5, 0.6) is 0 Å². The summed E-state index contributed by atoms with van der Waals surface area (Å²) in [6, 6.07) is 7.86. The van der Waals surface area contributed by atoms with E-state index in [1.165, 1.54) is 0 Å². The van der Waals surface area contributed by atoms with Crippen LogP contribution in [-0.4, -0.2) is 15.3 Å². The molecule has 15 heavy (non-hydrogen) atoms. The third kappa shape index (κ3) is 1.65. The molecule has 0 unspecified atom stereocenters. The molecule has 2 rings (SSSR count). The lowest BCUT2D eigenvalue weighted by atomic mass is 10.3. The summed E-state index contributed by atoms with van der Waals surface area (Å²) in [5.41, 5.74) is 1.95. The van der Waals surface area contributed by atoms with E-state index >= 15 is 0 Å². The first-order valence-electron chi connectivity index (χ1n) is 5.20. The minimum atomic E-state index is 0.0275. The van der Waals surface area contributed by atoms with Crippen LogP contribution < -0.4 is 0 Å². The molecule has 3 heteroatoms. The van der Waals surface area contributed by atoms with E-state index in [1.807, 2.05) is 28.8 Å². The number of carbonyl (C=O) groups is 1. The van der Waals surface area contributed by atoms with Gasteiger partial charge in [0.2, 0.25) is 0 Å². The first-order valence-corrected chi connectivity index (χ1v) is 5.20. The first-order chi connectivity index (χ1) is 7.24. The molecule has 0 bridgehead atoms. The SMILES string of the molecule is CCCn1c(C(C)=O)nc2ccccc21. The molecule has 1 heterocycles. The normalized spacial score (nSPS) is 10.8. The van der Waals surface area contributed by atoms with Crippen molar-refractivity contribution in [3.8, 4) is 0 Å². The summed E-state index contributed by atoms with van der Waals surface area (Å²) in [4.78, 5) is 15.8. The molecule has 0 saturated heterocycles. The zero-order valence-electron chi connectivity index (χ0n) is 9.03. The van der Waals surface area contributed by atoms with Crippen molar-refractivity contribution in [2.24, 2.45) is 0 Å². The van der Waals surface area contributed by atoms with Crippen molar-refractivity contribution in [2.45, 2.75) is 26.8 Å². The number of hydrogen-bond donors (Lipinski definition) is 0. The molecular formula is C12H14N2O. The van der Waals surface area contributed by atoms with Crippen molar-refractivity contribution in [2.75, 3.05) is 0 Å². The lowest BCUT2D eigenvalue weighted by Gasteiger charge is -2.04. The molecule has 0 fully saturated rings. The molecule has 0 saturated carbocycles. The van der Waals surface area contributed by atoms with E-state index in [9.17, 15) is 4.79 Å². The monoisotopic (exact) mass is 202 g/mol. The maximum atomic E-state index is 11.4. The molecule has 3 nitrogen and oxygen atoms in total. The van der Waals surface area contributed by atoms with Gasteiger partial charge in [-0.15, -0.1) is 0 Å². The van der Waals surface area contributed by atoms with Crippen molar-refractivity contribution >= 4 is 16.8 Å². The van der Waals surface area contributed by atoms with Gasteiger partial charge in [0.05, 0.1) is 11.0 Å². The van der Waals surface area contributed by atoms with Crippen molar-refractivity contribution in [3.63, 3.8) is 0 Å². The first kappa shape index (κ1) is 9.90. The predicted molar refractivity (Wildman–Crippen MR) is 60.0 cm³/mol. The Kier molecular flexibility index (Phi) is 2.54. The topological polar surface area (TPSA) is 34.9 Å². The Bertz CT molecular complexity index is 499. The Balaban J connectivity index is 2.68. The molecule has 0 aliphatic carbocycles. The number of aryl methyl sites for hydroxylation is 1. The molecule has 0 spiro atoms.